The number of ketones is 1. The van der Waals surface area contributed by atoms with Gasteiger partial charge in [-0.15, -0.1) is 0 Å². The molecule has 0 unspecified atom stereocenters. The van der Waals surface area contributed by atoms with Gasteiger partial charge in [-0.1, -0.05) is 48.5 Å². The number of Topliss-reactive ketones (excluding diaryl/α,β-unsaturated/α-hetero) is 1. The van der Waals surface area contributed by atoms with Gasteiger partial charge in [-0.05, 0) is 23.8 Å². The first-order chi connectivity index (χ1) is 13.9. The Kier molecular flexibility index (Phi) is 6.26. The number of carboxylic acids is 1. The van der Waals surface area contributed by atoms with Crippen molar-refractivity contribution in [2.75, 3.05) is 0 Å². The number of nitrogens with zero attached hydrogens (tertiary/aromatic N) is 1. The quantitative estimate of drug-likeness (QED) is 0.523. The number of benzene rings is 2. The average molecular weight is 412 g/mol. The molecule has 0 amide bonds. The lowest BCUT2D eigenvalue weighted by molar-refractivity contribution is -0.137. The average Bonchev–Trinajstić information content (AvgIpc) is 3.23. The summed E-state index contributed by atoms with van der Waals surface area (Å²) in [6.07, 6.45) is 2.08. The molecule has 2 N–H and O–H groups in total. The van der Waals surface area contributed by atoms with Crippen LogP contribution >= 0.6 is 0 Å². The van der Waals surface area contributed by atoms with Crippen LogP contribution in [-0.2, 0) is 21.4 Å². The van der Waals surface area contributed by atoms with E-state index in [-0.39, 0.29) is 10.5 Å². The van der Waals surface area contributed by atoms with Crippen molar-refractivity contribution >= 4 is 21.8 Å². The van der Waals surface area contributed by atoms with E-state index in [1.807, 2.05) is 30.3 Å². The van der Waals surface area contributed by atoms with Gasteiger partial charge in [-0.2, -0.15) is 0 Å². The highest BCUT2D eigenvalue weighted by atomic mass is 32.2. The Morgan fingerprint density at radius 1 is 0.966 bits per heavy atom. The summed E-state index contributed by atoms with van der Waals surface area (Å²) >= 11 is 0. The molecule has 150 valence electrons. The summed E-state index contributed by atoms with van der Waals surface area (Å²) in [5.74, 6) is -1.61. The molecule has 0 aliphatic carbocycles. The van der Waals surface area contributed by atoms with Crippen LogP contribution in [0.5, 0.6) is 0 Å². The maximum Gasteiger partial charge on any atom is 0.305 e. The number of carboxylic acid groups (broad SMARTS) is 1. The minimum atomic E-state index is -3.83. The van der Waals surface area contributed by atoms with Crippen LogP contribution in [0.1, 0.15) is 22.3 Å². The molecule has 0 bridgehead atoms. The topological polar surface area (TPSA) is 105 Å². The molecule has 1 atom stereocenters. The third-order valence-electron chi connectivity index (χ3n) is 4.36. The van der Waals surface area contributed by atoms with Crippen molar-refractivity contribution in [2.24, 2.45) is 0 Å². The van der Waals surface area contributed by atoms with E-state index in [1.54, 1.807) is 18.2 Å². The molecule has 3 aromatic rings. The van der Waals surface area contributed by atoms with Crippen LogP contribution in [0.3, 0.4) is 0 Å². The number of hydrogen-bond donors (Lipinski definition) is 2. The number of aromatic nitrogens is 1. The van der Waals surface area contributed by atoms with Crippen LogP contribution in [-0.4, -0.2) is 35.3 Å². The number of carbonyl (C=O) groups is 2. The van der Waals surface area contributed by atoms with Gasteiger partial charge >= 0.3 is 5.97 Å². The van der Waals surface area contributed by atoms with Crippen LogP contribution in [0.2, 0.25) is 0 Å². The molecule has 2 aromatic carbocycles. The van der Waals surface area contributed by atoms with Gasteiger partial charge in [-0.25, -0.2) is 12.4 Å². The molecule has 3 rings (SSSR count). The molecule has 1 aromatic heterocycles. The second kappa shape index (κ2) is 8.85. The molecule has 7 nitrogen and oxygen atoms in total. The Bertz CT molecular complexity index is 1090. The SMILES string of the molecule is O=C(O)C[C@H](NCc1ccccc1)C(=O)c1ccn(S(=O)(=O)c2ccccc2)c1. The van der Waals surface area contributed by atoms with Crippen LogP contribution in [0.15, 0.2) is 84.0 Å². The lowest BCUT2D eigenvalue weighted by Gasteiger charge is -2.15. The van der Waals surface area contributed by atoms with Gasteiger partial charge in [0.05, 0.1) is 17.4 Å². The van der Waals surface area contributed by atoms with E-state index in [9.17, 15) is 18.0 Å². The minimum absolute atomic E-state index is 0.0962. The molecule has 0 spiro atoms. The fourth-order valence-electron chi connectivity index (χ4n) is 2.86. The molecule has 0 aliphatic rings. The van der Waals surface area contributed by atoms with Crippen LogP contribution in [0.25, 0.3) is 0 Å². The summed E-state index contributed by atoms with van der Waals surface area (Å²) in [7, 11) is -3.83. The van der Waals surface area contributed by atoms with Gasteiger partial charge < -0.3 is 10.4 Å². The van der Waals surface area contributed by atoms with Crippen molar-refractivity contribution in [2.45, 2.75) is 23.9 Å². The maximum absolute atomic E-state index is 12.8. The molecular formula is C21H20N2O5S. The van der Waals surface area contributed by atoms with Gasteiger partial charge in [0.1, 0.15) is 0 Å². The second-order valence-corrected chi connectivity index (χ2v) is 8.27. The fourth-order valence-corrected chi connectivity index (χ4v) is 4.07. The minimum Gasteiger partial charge on any atom is -0.481 e. The van der Waals surface area contributed by atoms with E-state index in [1.165, 1.54) is 30.6 Å². The predicted octanol–water partition coefficient (Wildman–Crippen LogP) is 2.54. The molecule has 0 saturated heterocycles. The zero-order valence-corrected chi connectivity index (χ0v) is 16.2. The van der Waals surface area contributed by atoms with E-state index in [2.05, 4.69) is 5.32 Å². The smallest absolute Gasteiger partial charge is 0.305 e. The number of rotatable bonds is 9. The lowest BCUT2D eigenvalue weighted by atomic mass is 10.0. The molecule has 1 heterocycles. The highest BCUT2D eigenvalue weighted by Gasteiger charge is 2.25. The molecule has 8 heteroatoms. The third-order valence-corrected chi connectivity index (χ3v) is 6.01. The third kappa shape index (κ3) is 4.98. The lowest BCUT2D eigenvalue weighted by Crippen LogP contribution is -2.38. The Morgan fingerprint density at radius 2 is 1.59 bits per heavy atom. The van der Waals surface area contributed by atoms with Crippen molar-refractivity contribution in [1.29, 1.82) is 0 Å². The summed E-state index contributed by atoms with van der Waals surface area (Å²) in [5.41, 5.74) is 1.02. The van der Waals surface area contributed by atoms with Gasteiger partial charge in [0.2, 0.25) is 0 Å². The van der Waals surface area contributed by atoms with Crippen molar-refractivity contribution in [3.05, 3.63) is 90.3 Å². The molecule has 0 radical (unpaired) electrons. The van der Waals surface area contributed by atoms with Crippen molar-refractivity contribution in [3.63, 3.8) is 0 Å². The molecule has 0 aliphatic heterocycles. The summed E-state index contributed by atoms with van der Waals surface area (Å²) in [5, 5.41) is 12.1. The largest absolute Gasteiger partial charge is 0.481 e. The zero-order chi connectivity index (χ0) is 20.9. The maximum atomic E-state index is 12.8. The standard InChI is InChI=1S/C21H20N2O5S/c24-20(25)13-19(22-14-16-7-3-1-4-8-16)21(26)17-11-12-23(15-17)29(27,28)18-9-5-2-6-10-18/h1-12,15,19,22H,13-14H2,(H,24,25)/t19-/m0/s1. The van der Waals surface area contributed by atoms with Crippen LogP contribution in [0, 0.1) is 0 Å². The van der Waals surface area contributed by atoms with E-state index >= 15 is 0 Å². The number of carbonyl (C=O) groups excluding carboxylic acids is 1. The van der Waals surface area contributed by atoms with Crippen LogP contribution in [0.4, 0.5) is 0 Å². The summed E-state index contributed by atoms with van der Waals surface area (Å²) < 4.78 is 26.3. The molecule has 29 heavy (non-hydrogen) atoms. The number of nitrogens with one attached hydrogen (secondary N) is 1. The van der Waals surface area contributed by atoms with Gasteiger partial charge in [-0.3, -0.25) is 9.59 Å². The van der Waals surface area contributed by atoms with Gasteiger partial charge in [0.15, 0.2) is 5.78 Å². The first-order valence-electron chi connectivity index (χ1n) is 8.90. The summed E-state index contributed by atoms with van der Waals surface area (Å²) in [4.78, 5) is 24.2. The number of aliphatic carboxylic acids is 1. The highest BCUT2D eigenvalue weighted by Crippen LogP contribution is 2.16. The summed E-state index contributed by atoms with van der Waals surface area (Å²) in [6.45, 7) is 0.313. The normalized spacial score (nSPS) is 12.4. The van der Waals surface area contributed by atoms with E-state index < -0.39 is 34.2 Å². The second-order valence-electron chi connectivity index (χ2n) is 6.43. The Balaban J connectivity index is 1.80. The van der Waals surface area contributed by atoms with Crippen molar-refractivity contribution < 1.29 is 23.1 Å². The van der Waals surface area contributed by atoms with Crippen LogP contribution < -0.4 is 5.32 Å². The van der Waals surface area contributed by atoms with E-state index in [0.717, 1.165) is 9.54 Å². The molecule has 0 saturated carbocycles. The fraction of sp³-hybridized carbons (Fsp3) is 0.143. The van der Waals surface area contributed by atoms with Gasteiger partial charge in [0.25, 0.3) is 10.0 Å². The Labute approximate surface area is 168 Å². The summed E-state index contributed by atoms with van der Waals surface area (Å²) in [6, 6.07) is 17.5. The number of hydrogen-bond acceptors (Lipinski definition) is 5. The first kappa shape index (κ1) is 20.5. The van der Waals surface area contributed by atoms with E-state index in [4.69, 9.17) is 5.11 Å². The first-order valence-corrected chi connectivity index (χ1v) is 10.3. The molecular weight excluding hydrogens is 392 g/mol. The monoisotopic (exact) mass is 412 g/mol. The van der Waals surface area contributed by atoms with Crippen molar-refractivity contribution in [3.8, 4) is 0 Å². The predicted molar refractivity (Wildman–Crippen MR) is 107 cm³/mol. The van der Waals surface area contributed by atoms with Gasteiger partial charge in [0, 0.05) is 24.5 Å². The van der Waals surface area contributed by atoms with Crippen molar-refractivity contribution in [1.82, 2.24) is 9.29 Å². The molecule has 0 fully saturated rings. The Morgan fingerprint density at radius 3 is 2.21 bits per heavy atom. The Hall–Kier alpha value is -3.23. The highest BCUT2D eigenvalue weighted by molar-refractivity contribution is 7.90. The van der Waals surface area contributed by atoms with E-state index in [0.29, 0.717) is 6.54 Å². The zero-order valence-electron chi connectivity index (χ0n) is 15.4.